The maximum absolute atomic E-state index is 11.9. The third kappa shape index (κ3) is 3.00. The summed E-state index contributed by atoms with van der Waals surface area (Å²) < 4.78 is 0. The van der Waals surface area contributed by atoms with Crippen molar-refractivity contribution in [3.63, 3.8) is 0 Å². The molecule has 0 saturated heterocycles. The van der Waals surface area contributed by atoms with E-state index in [1.165, 1.54) is 4.90 Å². The number of nitrogens with one attached hydrogen (secondary N) is 2. The second-order valence-corrected chi connectivity index (χ2v) is 4.57. The van der Waals surface area contributed by atoms with Gasteiger partial charge in [-0.2, -0.15) is 0 Å². The average Bonchev–Trinajstić information content (AvgIpc) is 2.26. The molecule has 0 aliphatic carbocycles. The number of anilines is 1. The summed E-state index contributed by atoms with van der Waals surface area (Å²) in [5.41, 5.74) is 8.15. The lowest BCUT2D eigenvalue weighted by molar-refractivity contribution is 0.251. The van der Waals surface area contributed by atoms with Crippen LogP contribution in [0.1, 0.15) is 30.9 Å². The molecule has 0 unspecified atom stereocenters. The summed E-state index contributed by atoms with van der Waals surface area (Å²) in [6, 6.07) is 5.53. The fourth-order valence-electron chi connectivity index (χ4n) is 1.91. The van der Waals surface area contributed by atoms with Gasteiger partial charge in [0.2, 0.25) is 0 Å². The number of nitrogens with zero attached hydrogens (tertiary/aromatic N) is 1. The molecule has 0 spiro atoms. The molecule has 0 aliphatic heterocycles. The molecule has 5 nitrogen and oxygen atoms in total. The molecule has 0 radical (unpaired) electrons. The van der Waals surface area contributed by atoms with Crippen LogP contribution in [0.2, 0.25) is 0 Å². The molecule has 1 rings (SSSR count). The molecule has 1 aromatic rings. The van der Waals surface area contributed by atoms with Gasteiger partial charge in [-0.1, -0.05) is 32.0 Å². The smallest absolute Gasteiger partial charge is 0.328 e. The first-order valence-corrected chi connectivity index (χ1v) is 5.82. The van der Waals surface area contributed by atoms with E-state index in [0.717, 1.165) is 16.8 Å². The SMILES string of the molecule is Cc1cccc(C(C)C)c1N(C)C(=O)NC(=N)N. The number of hydrogen-bond acceptors (Lipinski definition) is 2. The molecular formula is C13H20N4O. The van der Waals surface area contributed by atoms with Crippen LogP contribution in [0.25, 0.3) is 0 Å². The standard InChI is InChI=1S/C13H20N4O/c1-8(2)10-7-5-6-9(3)11(10)17(4)13(18)16-12(14)15/h5-8H,1-4H3,(H4,14,15,16,18). The zero-order chi connectivity index (χ0) is 13.9. The predicted octanol–water partition coefficient (Wildman–Crippen LogP) is 2.16. The van der Waals surface area contributed by atoms with E-state index in [9.17, 15) is 4.79 Å². The third-order valence-electron chi connectivity index (χ3n) is 2.77. The molecule has 1 aromatic carbocycles. The Balaban J connectivity index is 3.15. The van der Waals surface area contributed by atoms with Gasteiger partial charge in [-0.15, -0.1) is 0 Å². The van der Waals surface area contributed by atoms with E-state index < -0.39 is 6.03 Å². The van der Waals surface area contributed by atoms with Crippen molar-refractivity contribution >= 4 is 17.7 Å². The number of amides is 2. The molecule has 0 fully saturated rings. The second-order valence-electron chi connectivity index (χ2n) is 4.57. The fourth-order valence-corrected chi connectivity index (χ4v) is 1.91. The van der Waals surface area contributed by atoms with Crippen molar-refractivity contribution in [3.8, 4) is 0 Å². The first-order chi connectivity index (χ1) is 8.34. The number of para-hydroxylation sites is 1. The Morgan fingerprint density at radius 2 is 2.06 bits per heavy atom. The average molecular weight is 248 g/mol. The summed E-state index contributed by atoms with van der Waals surface area (Å²) in [6.45, 7) is 6.11. The number of hydrogen-bond donors (Lipinski definition) is 3. The lowest BCUT2D eigenvalue weighted by Gasteiger charge is -2.24. The maximum Gasteiger partial charge on any atom is 0.328 e. The highest BCUT2D eigenvalue weighted by atomic mass is 16.2. The van der Waals surface area contributed by atoms with Gasteiger partial charge in [0, 0.05) is 7.05 Å². The number of carbonyl (C=O) groups excluding carboxylic acids is 1. The van der Waals surface area contributed by atoms with Gasteiger partial charge in [-0.25, -0.2) is 4.79 Å². The summed E-state index contributed by atoms with van der Waals surface area (Å²) in [5.74, 6) is -0.0426. The largest absolute Gasteiger partial charge is 0.370 e. The van der Waals surface area contributed by atoms with Crippen LogP contribution in [0.3, 0.4) is 0 Å². The van der Waals surface area contributed by atoms with Crippen LogP contribution in [0, 0.1) is 12.3 Å². The van der Waals surface area contributed by atoms with Crippen molar-refractivity contribution in [3.05, 3.63) is 29.3 Å². The quantitative estimate of drug-likeness (QED) is 0.553. The molecule has 0 atom stereocenters. The van der Waals surface area contributed by atoms with Crippen LogP contribution in [-0.2, 0) is 0 Å². The van der Waals surface area contributed by atoms with Crippen molar-refractivity contribution in [1.82, 2.24) is 5.32 Å². The number of carbonyl (C=O) groups is 1. The topological polar surface area (TPSA) is 82.2 Å². The molecule has 0 aromatic heterocycles. The van der Waals surface area contributed by atoms with Gasteiger partial charge in [0.05, 0.1) is 5.69 Å². The minimum atomic E-state index is -0.404. The van der Waals surface area contributed by atoms with Gasteiger partial charge in [-0.05, 0) is 24.0 Å². The van der Waals surface area contributed by atoms with E-state index in [1.807, 2.05) is 25.1 Å². The lowest BCUT2D eigenvalue weighted by Crippen LogP contribution is -2.44. The van der Waals surface area contributed by atoms with Crippen LogP contribution in [0.15, 0.2) is 18.2 Å². The van der Waals surface area contributed by atoms with E-state index in [-0.39, 0.29) is 5.96 Å². The molecule has 18 heavy (non-hydrogen) atoms. The van der Waals surface area contributed by atoms with Crippen molar-refractivity contribution in [2.75, 3.05) is 11.9 Å². The molecule has 5 heteroatoms. The number of aryl methyl sites for hydroxylation is 1. The van der Waals surface area contributed by atoms with Crippen LogP contribution in [0.5, 0.6) is 0 Å². The Labute approximate surface area is 107 Å². The van der Waals surface area contributed by atoms with Gasteiger partial charge in [0.1, 0.15) is 0 Å². The van der Waals surface area contributed by atoms with E-state index in [0.29, 0.717) is 5.92 Å². The summed E-state index contributed by atoms with van der Waals surface area (Å²) in [7, 11) is 1.67. The molecule has 0 saturated carbocycles. The summed E-state index contributed by atoms with van der Waals surface area (Å²) in [5, 5.41) is 9.37. The zero-order valence-corrected chi connectivity index (χ0v) is 11.2. The van der Waals surface area contributed by atoms with Gasteiger partial charge in [0.25, 0.3) is 0 Å². The molecule has 98 valence electrons. The van der Waals surface area contributed by atoms with E-state index in [1.54, 1.807) is 7.05 Å². The van der Waals surface area contributed by atoms with Crippen LogP contribution >= 0.6 is 0 Å². The maximum atomic E-state index is 11.9. The monoisotopic (exact) mass is 248 g/mol. The van der Waals surface area contributed by atoms with E-state index in [4.69, 9.17) is 11.1 Å². The third-order valence-corrected chi connectivity index (χ3v) is 2.77. The van der Waals surface area contributed by atoms with Crippen LogP contribution in [0.4, 0.5) is 10.5 Å². The summed E-state index contributed by atoms with van der Waals surface area (Å²) in [4.78, 5) is 13.4. The first-order valence-electron chi connectivity index (χ1n) is 5.82. The van der Waals surface area contributed by atoms with Gasteiger partial charge in [0.15, 0.2) is 5.96 Å². The number of urea groups is 1. The molecular weight excluding hydrogens is 228 g/mol. The van der Waals surface area contributed by atoms with Gasteiger partial charge in [-0.3, -0.25) is 15.6 Å². The first kappa shape index (κ1) is 14.0. The molecule has 0 heterocycles. The fraction of sp³-hybridized carbons (Fsp3) is 0.385. The minimum absolute atomic E-state index is 0.312. The molecule has 2 amide bonds. The van der Waals surface area contributed by atoms with Crippen molar-refractivity contribution in [1.29, 1.82) is 5.41 Å². The Hall–Kier alpha value is -2.04. The van der Waals surface area contributed by atoms with Gasteiger partial charge < -0.3 is 5.73 Å². The van der Waals surface area contributed by atoms with E-state index in [2.05, 4.69) is 19.2 Å². The predicted molar refractivity (Wildman–Crippen MR) is 74.1 cm³/mol. The second kappa shape index (κ2) is 5.53. The van der Waals surface area contributed by atoms with Crippen molar-refractivity contribution < 1.29 is 4.79 Å². The summed E-state index contributed by atoms with van der Waals surface area (Å²) in [6.07, 6.45) is 0. The highest BCUT2D eigenvalue weighted by molar-refractivity contribution is 6.02. The zero-order valence-electron chi connectivity index (χ0n) is 11.2. The Bertz CT molecular complexity index is 468. The normalized spacial score (nSPS) is 10.3. The molecule has 4 N–H and O–H groups in total. The minimum Gasteiger partial charge on any atom is -0.370 e. The van der Waals surface area contributed by atoms with Crippen LogP contribution < -0.4 is 16.0 Å². The van der Waals surface area contributed by atoms with E-state index >= 15 is 0 Å². The summed E-state index contributed by atoms with van der Waals surface area (Å²) >= 11 is 0. The Kier molecular flexibility index (Phi) is 4.31. The number of benzene rings is 1. The Morgan fingerprint density at radius 1 is 1.44 bits per heavy atom. The number of nitrogens with two attached hydrogens (primary N) is 1. The van der Waals surface area contributed by atoms with Gasteiger partial charge >= 0.3 is 6.03 Å². The highest BCUT2D eigenvalue weighted by Crippen LogP contribution is 2.30. The lowest BCUT2D eigenvalue weighted by atomic mass is 9.97. The molecule has 0 bridgehead atoms. The molecule has 0 aliphatic rings. The van der Waals surface area contributed by atoms with Crippen LogP contribution in [-0.4, -0.2) is 19.0 Å². The van der Waals surface area contributed by atoms with Crippen molar-refractivity contribution in [2.24, 2.45) is 5.73 Å². The number of guanidine groups is 1. The Morgan fingerprint density at radius 3 is 2.56 bits per heavy atom. The van der Waals surface area contributed by atoms with Crippen molar-refractivity contribution in [2.45, 2.75) is 26.7 Å². The number of rotatable bonds is 2. The highest BCUT2D eigenvalue weighted by Gasteiger charge is 2.18.